The first-order chi connectivity index (χ1) is 12.1. The number of amides is 3. The molecule has 1 aromatic rings. The average molecular weight is 343 g/mol. The van der Waals surface area contributed by atoms with Crippen molar-refractivity contribution in [2.24, 2.45) is 5.92 Å². The predicted molar refractivity (Wildman–Crippen MR) is 88.7 cm³/mol. The Morgan fingerprint density at radius 2 is 1.76 bits per heavy atom. The molecule has 0 aromatic carbocycles. The number of piperazine rings is 1. The van der Waals surface area contributed by atoms with E-state index in [1.807, 2.05) is 0 Å². The van der Waals surface area contributed by atoms with Crippen molar-refractivity contribution in [2.75, 3.05) is 31.1 Å². The number of hydrogen-bond acceptors (Lipinski definition) is 6. The van der Waals surface area contributed by atoms with Crippen molar-refractivity contribution in [2.45, 2.75) is 32.1 Å². The standard InChI is InChI=1S/C17H21N5O3/c23-15-9-12(10-16(24)18-15)17(25)22-6-4-21(5-7-22)14-8-11-2-1-3-13(11)19-20-14/h8,12H,1-7,9-10H2,(H,18,23,24). The molecule has 25 heavy (non-hydrogen) atoms. The van der Waals surface area contributed by atoms with E-state index in [9.17, 15) is 14.4 Å². The molecule has 132 valence electrons. The van der Waals surface area contributed by atoms with Gasteiger partial charge in [0.05, 0.1) is 11.6 Å². The van der Waals surface area contributed by atoms with Gasteiger partial charge in [0.1, 0.15) is 0 Å². The smallest absolute Gasteiger partial charge is 0.227 e. The zero-order valence-corrected chi connectivity index (χ0v) is 14.0. The number of rotatable bonds is 2. The Hall–Kier alpha value is -2.51. The van der Waals surface area contributed by atoms with E-state index < -0.39 is 5.92 Å². The first-order valence-electron chi connectivity index (χ1n) is 8.82. The number of nitrogens with one attached hydrogen (secondary N) is 1. The maximum atomic E-state index is 12.6. The lowest BCUT2D eigenvalue weighted by Gasteiger charge is -2.37. The van der Waals surface area contributed by atoms with Crippen LogP contribution in [0.2, 0.25) is 0 Å². The van der Waals surface area contributed by atoms with Crippen molar-refractivity contribution < 1.29 is 14.4 Å². The Bertz CT molecular complexity index is 711. The molecule has 3 aliphatic rings. The molecule has 3 heterocycles. The Balaban J connectivity index is 1.37. The van der Waals surface area contributed by atoms with Gasteiger partial charge in [-0.1, -0.05) is 0 Å². The summed E-state index contributed by atoms with van der Waals surface area (Å²) in [5, 5.41) is 10.9. The third-order valence-electron chi connectivity index (χ3n) is 5.21. The van der Waals surface area contributed by atoms with Gasteiger partial charge >= 0.3 is 0 Å². The zero-order chi connectivity index (χ0) is 17.4. The third-order valence-corrected chi connectivity index (χ3v) is 5.21. The summed E-state index contributed by atoms with van der Waals surface area (Å²) in [6.07, 6.45) is 3.41. The highest BCUT2D eigenvalue weighted by Crippen LogP contribution is 2.24. The summed E-state index contributed by atoms with van der Waals surface area (Å²) in [5.74, 6) is -0.459. The predicted octanol–water partition coefficient (Wildman–Crippen LogP) is -0.333. The molecule has 1 N–H and O–H groups in total. The van der Waals surface area contributed by atoms with Crippen LogP contribution < -0.4 is 10.2 Å². The van der Waals surface area contributed by atoms with Crippen LogP contribution in [0.15, 0.2) is 6.07 Å². The second-order valence-electron chi connectivity index (χ2n) is 6.92. The molecule has 2 fully saturated rings. The summed E-state index contributed by atoms with van der Waals surface area (Å²) < 4.78 is 0. The number of aryl methyl sites for hydroxylation is 2. The molecule has 1 aliphatic carbocycles. The van der Waals surface area contributed by atoms with Gasteiger partial charge in [0, 0.05) is 39.0 Å². The molecule has 0 unspecified atom stereocenters. The molecular formula is C17H21N5O3. The number of nitrogens with zero attached hydrogens (tertiary/aromatic N) is 4. The summed E-state index contributed by atoms with van der Waals surface area (Å²) >= 11 is 0. The number of piperidine rings is 1. The van der Waals surface area contributed by atoms with Crippen LogP contribution >= 0.6 is 0 Å². The largest absolute Gasteiger partial charge is 0.352 e. The maximum Gasteiger partial charge on any atom is 0.227 e. The molecule has 1 aromatic heterocycles. The number of hydrogen-bond donors (Lipinski definition) is 1. The second kappa shape index (κ2) is 6.42. The third kappa shape index (κ3) is 3.20. The van der Waals surface area contributed by atoms with Crippen molar-refractivity contribution >= 4 is 23.5 Å². The first kappa shape index (κ1) is 16.0. The summed E-state index contributed by atoms with van der Waals surface area (Å²) in [5.41, 5.74) is 2.40. The Labute approximate surface area is 145 Å². The monoisotopic (exact) mass is 343 g/mol. The molecule has 8 nitrogen and oxygen atoms in total. The van der Waals surface area contributed by atoms with Crippen LogP contribution in [-0.4, -0.2) is 59.0 Å². The highest BCUT2D eigenvalue weighted by atomic mass is 16.2. The minimum Gasteiger partial charge on any atom is -0.352 e. The van der Waals surface area contributed by atoms with Gasteiger partial charge in [0.2, 0.25) is 17.7 Å². The summed E-state index contributed by atoms with van der Waals surface area (Å²) in [7, 11) is 0. The molecule has 4 rings (SSSR count). The molecule has 0 bridgehead atoms. The number of fused-ring (bicyclic) bond motifs is 1. The number of imide groups is 1. The number of aromatic nitrogens is 2. The summed E-state index contributed by atoms with van der Waals surface area (Å²) in [4.78, 5) is 39.4. The summed E-state index contributed by atoms with van der Waals surface area (Å²) in [6, 6.07) is 2.12. The Kier molecular flexibility index (Phi) is 4.10. The van der Waals surface area contributed by atoms with Crippen LogP contribution in [0.4, 0.5) is 5.82 Å². The van der Waals surface area contributed by atoms with Gasteiger partial charge < -0.3 is 9.80 Å². The fourth-order valence-corrected chi connectivity index (χ4v) is 3.84. The van der Waals surface area contributed by atoms with Crippen molar-refractivity contribution in [1.82, 2.24) is 20.4 Å². The van der Waals surface area contributed by atoms with Crippen LogP contribution in [-0.2, 0) is 27.2 Å². The highest BCUT2D eigenvalue weighted by Gasteiger charge is 2.34. The van der Waals surface area contributed by atoms with E-state index in [2.05, 4.69) is 26.5 Å². The molecule has 0 spiro atoms. The minimum absolute atomic E-state index is 0.0945. The number of carbonyl (C=O) groups is 3. The van der Waals surface area contributed by atoms with Crippen molar-refractivity contribution in [3.8, 4) is 0 Å². The van der Waals surface area contributed by atoms with E-state index in [4.69, 9.17) is 0 Å². The normalized spacial score (nSPS) is 21.3. The molecule has 2 aliphatic heterocycles. The topological polar surface area (TPSA) is 95.5 Å². The molecule has 0 radical (unpaired) electrons. The molecule has 3 amide bonds. The Morgan fingerprint density at radius 3 is 2.48 bits per heavy atom. The molecular weight excluding hydrogens is 322 g/mol. The van der Waals surface area contributed by atoms with Gasteiger partial charge in [-0.3, -0.25) is 19.7 Å². The van der Waals surface area contributed by atoms with Gasteiger partial charge in [-0.05, 0) is 30.9 Å². The fraction of sp³-hybridized carbons (Fsp3) is 0.588. The Morgan fingerprint density at radius 1 is 1.04 bits per heavy atom. The van der Waals surface area contributed by atoms with Gasteiger partial charge in [-0.2, -0.15) is 5.10 Å². The van der Waals surface area contributed by atoms with Crippen LogP contribution in [0.3, 0.4) is 0 Å². The van der Waals surface area contributed by atoms with Crippen molar-refractivity contribution in [1.29, 1.82) is 0 Å². The molecule has 2 saturated heterocycles. The van der Waals surface area contributed by atoms with Gasteiger partial charge in [0.25, 0.3) is 0 Å². The van der Waals surface area contributed by atoms with E-state index in [0.29, 0.717) is 26.2 Å². The zero-order valence-electron chi connectivity index (χ0n) is 14.0. The fourth-order valence-electron chi connectivity index (χ4n) is 3.84. The van der Waals surface area contributed by atoms with E-state index >= 15 is 0 Å². The van der Waals surface area contributed by atoms with E-state index in [1.165, 1.54) is 5.56 Å². The van der Waals surface area contributed by atoms with Gasteiger partial charge in [0.15, 0.2) is 5.82 Å². The molecule has 8 heteroatoms. The summed E-state index contributed by atoms with van der Waals surface area (Å²) in [6.45, 7) is 2.52. The average Bonchev–Trinajstić information content (AvgIpc) is 3.08. The van der Waals surface area contributed by atoms with Gasteiger partial charge in [-0.15, -0.1) is 5.10 Å². The van der Waals surface area contributed by atoms with Crippen molar-refractivity contribution in [3.05, 3.63) is 17.3 Å². The molecule has 0 atom stereocenters. The lowest BCUT2D eigenvalue weighted by atomic mass is 9.95. The number of carbonyl (C=O) groups excluding carboxylic acids is 3. The van der Waals surface area contributed by atoms with E-state index in [1.54, 1.807) is 4.90 Å². The SMILES string of the molecule is O=C1CC(C(=O)N2CCN(c3cc4c(nn3)CCC4)CC2)CC(=O)N1. The number of anilines is 1. The minimum atomic E-state index is -0.521. The first-order valence-corrected chi connectivity index (χ1v) is 8.82. The van der Waals surface area contributed by atoms with Crippen LogP contribution in [0, 0.1) is 5.92 Å². The van der Waals surface area contributed by atoms with Crippen LogP contribution in [0.1, 0.15) is 30.5 Å². The van der Waals surface area contributed by atoms with E-state index in [0.717, 1.165) is 30.8 Å². The van der Waals surface area contributed by atoms with Gasteiger partial charge in [-0.25, -0.2) is 0 Å². The highest BCUT2D eigenvalue weighted by molar-refractivity contribution is 6.02. The van der Waals surface area contributed by atoms with E-state index in [-0.39, 0.29) is 30.6 Å². The van der Waals surface area contributed by atoms with Crippen LogP contribution in [0.25, 0.3) is 0 Å². The lowest BCUT2D eigenvalue weighted by molar-refractivity contribution is -0.145. The van der Waals surface area contributed by atoms with Crippen LogP contribution in [0.5, 0.6) is 0 Å². The van der Waals surface area contributed by atoms with Crippen molar-refractivity contribution in [3.63, 3.8) is 0 Å². The lowest BCUT2D eigenvalue weighted by Crippen LogP contribution is -2.52. The maximum absolute atomic E-state index is 12.6. The second-order valence-corrected chi connectivity index (χ2v) is 6.92. The molecule has 0 saturated carbocycles. The quantitative estimate of drug-likeness (QED) is 0.739.